The van der Waals surface area contributed by atoms with Gasteiger partial charge in [0.15, 0.2) is 0 Å². The fourth-order valence-corrected chi connectivity index (χ4v) is 1.88. The van der Waals surface area contributed by atoms with Crippen molar-refractivity contribution in [2.45, 2.75) is 13.8 Å². The monoisotopic (exact) mass is 208 g/mol. The molecule has 2 rings (SSSR count). The Hall–Kier alpha value is -1.82. The minimum atomic E-state index is 1.05. The van der Waals surface area contributed by atoms with Crippen molar-refractivity contribution in [3.63, 3.8) is 0 Å². The van der Waals surface area contributed by atoms with Gasteiger partial charge in [0, 0.05) is 0 Å². The maximum atomic E-state index is 4.08. The zero-order chi connectivity index (χ0) is 11.7. The second kappa shape index (κ2) is 3.97. The Bertz CT molecular complexity index is 660. The van der Waals surface area contributed by atoms with Gasteiger partial charge in [0.05, 0.1) is 0 Å². The number of allylic oxidation sites excluding steroid dienone is 1. The van der Waals surface area contributed by atoms with E-state index in [-0.39, 0.29) is 0 Å². The molecule has 0 heterocycles. The lowest BCUT2D eigenvalue weighted by atomic mass is 10.0. The van der Waals surface area contributed by atoms with Crippen molar-refractivity contribution in [2.75, 3.05) is 0 Å². The van der Waals surface area contributed by atoms with Crippen LogP contribution < -0.4 is 10.4 Å². The summed E-state index contributed by atoms with van der Waals surface area (Å²) in [7, 11) is 0. The van der Waals surface area contributed by atoms with Crippen molar-refractivity contribution in [2.24, 2.45) is 0 Å². The van der Waals surface area contributed by atoms with Gasteiger partial charge in [-0.3, -0.25) is 0 Å². The molecule has 0 aliphatic carbocycles. The zero-order valence-electron chi connectivity index (χ0n) is 9.88. The van der Waals surface area contributed by atoms with E-state index in [4.69, 9.17) is 0 Å². The van der Waals surface area contributed by atoms with E-state index in [0.29, 0.717) is 0 Å². The Morgan fingerprint density at radius 3 is 2.56 bits per heavy atom. The molecule has 0 atom stereocenters. The molecule has 0 heteroatoms. The average molecular weight is 208 g/mol. The molecule has 80 valence electrons. The van der Waals surface area contributed by atoms with Crippen LogP contribution in [0.3, 0.4) is 0 Å². The number of rotatable bonds is 1. The van der Waals surface area contributed by atoms with Gasteiger partial charge in [0.1, 0.15) is 0 Å². The molecule has 2 aromatic rings. The van der Waals surface area contributed by atoms with E-state index in [2.05, 4.69) is 56.5 Å². The molecule has 0 saturated carbocycles. The number of hydrogen-bond acceptors (Lipinski definition) is 0. The summed E-state index contributed by atoms with van der Waals surface area (Å²) in [5.41, 5.74) is 2.33. The largest absolute Gasteiger partial charge is 0.0961 e. The van der Waals surface area contributed by atoms with Gasteiger partial charge < -0.3 is 0 Å². The third kappa shape index (κ3) is 2.06. The molecular weight excluding hydrogens is 192 g/mol. The van der Waals surface area contributed by atoms with E-state index in [0.717, 1.165) is 16.0 Å². The Balaban J connectivity index is 2.83. The van der Waals surface area contributed by atoms with Crippen LogP contribution in [0, 0.1) is 6.92 Å². The van der Waals surface area contributed by atoms with Crippen molar-refractivity contribution in [3.05, 3.63) is 58.5 Å². The standard InChI is InChI=1S/C16H16/c1-11(2)7-15-10-14-6-5-12(3)8-16(14)9-13(15)4/h5-10H,1,4H2,2-3H3/b15-7-. The van der Waals surface area contributed by atoms with Crippen LogP contribution in [0.5, 0.6) is 0 Å². The van der Waals surface area contributed by atoms with Crippen molar-refractivity contribution in [3.8, 4) is 0 Å². The summed E-state index contributed by atoms with van der Waals surface area (Å²) in [4.78, 5) is 0. The highest BCUT2D eigenvalue weighted by Gasteiger charge is 1.94. The van der Waals surface area contributed by atoms with Crippen LogP contribution >= 0.6 is 0 Å². The van der Waals surface area contributed by atoms with Crippen molar-refractivity contribution in [1.82, 2.24) is 0 Å². The first-order valence-corrected chi connectivity index (χ1v) is 5.43. The normalized spacial score (nSPS) is 12.0. The summed E-state index contributed by atoms with van der Waals surface area (Å²) in [5, 5.41) is 4.72. The molecule has 0 N–H and O–H groups in total. The van der Waals surface area contributed by atoms with E-state index in [9.17, 15) is 0 Å². The minimum absolute atomic E-state index is 1.05. The predicted octanol–water partition coefficient (Wildman–Crippen LogP) is 2.92. The van der Waals surface area contributed by atoms with Gasteiger partial charge in [-0.15, -0.1) is 0 Å². The fraction of sp³-hybridized carbons (Fsp3) is 0.125. The number of fused-ring (bicyclic) bond motifs is 1. The number of benzene rings is 2. The second-order valence-corrected chi connectivity index (χ2v) is 4.39. The van der Waals surface area contributed by atoms with Gasteiger partial charge in [-0.2, -0.15) is 0 Å². The fourth-order valence-electron chi connectivity index (χ4n) is 1.88. The van der Waals surface area contributed by atoms with Crippen LogP contribution in [0.15, 0.2) is 42.5 Å². The van der Waals surface area contributed by atoms with E-state index < -0.39 is 0 Å². The zero-order valence-corrected chi connectivity index (χ0v) is 9.88. The van der Waals surface area contributed by atoms with Crippen LogP contribution in [-0.2, 0) is 0 Å². The summed E-state index contributed by atoms with van der Waals surface area (Å²) < 4.78 is 0. The first kappa shape index (κ1) is 10.7. The van der Waals surface area contributed by atoms with Crippen molar-refractivity contribution < 1.29 is 0 Å². The molecule has 0 unspecified atom stereocenters. The molecule has 0 amide bonds. The van der Waals surface area contributed by atoms with E-state index >= 15 is 0 Å². The van der Waals surface area contributed by atoms with Crippen LogP contribution in [0.25, 0.3) is 23.4 Å². The predicted molar refractivity (Wildman–Crippen MR) is 72.7 cm³/mol. The molecule has 0 saturated heterocycles. The molecule has 2 aromatic carbocycles. The topological polar surface area (TPSA) is 0 Å². The third-order valence-corrected chi connectivity index (χ3v) is 2.66. The van der Waals surface area contributed by atoms with Gasteiger partial charge in [-0.1, -0.05) is 48.6 Å². The van der Waals surface area contributed by atoms with Gasteiger partial charge in [-0.05, 0) is 47.2 Å². The summed E-state index contributed by atoms with van der Waals surface area (Å²) in [6.07, 6.45) is 2.07. The Morgan fingerprint density at radius 2 is 1.88 bits per heavy atom. The van der Waals surface area contributed by atoms with Crippen molar-refractivity contribution in [1.29, 1.82) is 0 Å². The molecule has 0 aliphatic rings. The molecule has 0 bridgehead atoms. The van der Waals surface area contributed by atoms with Crippen LogP contribution in [0.1, 0.15) is 12.5 Å². The lowest BCUT2D eigenvalue weighted by Gasteiger charge is -2.00. The smallest absolute Gasteiger partial charge is 0.0175 e. The maximum absolute atomic E-state index is 4.08. The second-order valence-electron chi connectivity index (χ2n) is 4.39. The summed E-state index contributed by atoms with van der Waals surface area (Å²) >= 11 is 0. The van der Waals surface area contributed by atoms with E-state index in [1.807, 2.05) is 6.92 Å². The molecule has 0 spiro atoms. The van der Waals surface area contributed by atoms with Crippen LogP contribution in [0.4, 0.5) is 0 Å². The molecule has 0 fully saturated rings. The first-order valence-electron chi connectivity index (χ1n) is 5.43. The summed E-state index contributed by atoms with van der Waals surface area (Å²) in [6, 6.07) is 10.8. The van der Waals surface area contributed by atoms with Gasteiger partial charge in [-0.25, -0.2) is 0 Å². The minimum Gasteiger partial charge on any atom is -0.0961 e. The van der Waals surface area contributed by atoms with Gasteiger partial charge in [0.2, 0.25) is 0 Å². The number of aryl methyl sites for hydroxylation is 1. The SMILES string of the molecule is C=C(C)/C=c1/cc2ccc(C)cc2cc1=C. The van der Waals surface area contributed by atoms with Crippen molar-refractivity contribution >= 4 is 23.4 Å². The molecule has 0 aliphatic heterocycles. The Kier molecular flexibility index (Phi) is 2.66. The number of hydrogen-bond donors (Lipinski definition) is 0. The highest BCUT2D eigenvalue weighted by Crippen LogP contribution is 2.11. The van der Waals surface area contributed by atoms with Gasteiger partial charge in [0.25, 0.3) is 0 Å². The molecular formula is C16H16. The van der Waals surface area contributed by atoms with Crippen LogP contribution in [0.2, 0.25) is 0 Å². The maximum Gasteiger partial charge on any atom is -0.0175 e. The molecule has 16 heavy (non-hydrogen) atoms. The molecule has 0 nitrogen and oxygen atoms in total. The molecule has 0 aromatic heterocycles. The quantitative estimate of drug-likeness (QED) is 0.676. The van der Waals surface area contributed by atoms with Gasteiger partial charge >= 0.3 is 0 Å². The highest BCUT2D eigenvalue weighted by atomic mass is 14.0. The summed E-state index contributed by atoms with van der Waals surface area (Å²) in [6.45, 7) is 12.1. The Labute approximate surface area is 96.2 Å². The average Bonchev–Trinajstić information content (AvgIpc) is 2.19. The van der Waals surface area contributed by atoms with E-state index in [1.54, 1.807) is 0 Å². The highest BCUT2D eigenvalue weighted by molar-refractivity contribution is 5.83. The summed E-state index contributed by atoms with van der Waals surface area (Å²) in [5.74, 6) is 0. The third-order valence-electron chi connectivity index (χ3n) is 2.66. The van der Waals surface area contributed by atoms with E-state index in [1.165, 1.54) is 16.3 Å². The Morgan fingerprint density at radius 1 is 1.12 bits per heavy atom. The lowest BCUT2D eigenvalue weighted by molar-refractivity contribution is 1.48. The molecule has 0 radical (unpaired) electrons. The first-order chi connectivity index (χ1) is 7.56. The van der Waals surface area contributed by atoms with Crippen LogP contribution in [-0.4, -0.2) is 0 Å². The lowest BCUT2D eigenvalue weighted by Crippen LogP contribution is -2.22.